The molecule has 1 rings (SSSR count). The van der Waals surface area contributed by atoms with Crippen LogP contribution >= 0.6 is 0 Å². The summed E-state index contributed by atoms with van der Waals surface area (Å²) >= 11 is 0. The minimum absolute atomic E-state index is 0.0311. The van der Waals surface area contributed by atoms with E-state index in [1.54, 1.807) is 7.11 Å². The highest BCUT2D eigenvalue weighted by molar-refractivity contribution is 4.78. The van der Waals surface area contributed by atoms with Gasteiger partial charge in [0.15, 0.2) is 0 Å². The van der Waals surface area contributed by atoms with Crippen LogP contribution < -0.4 is 0 Å². The third-order valence-electron chi connectivity index (χ3n) is 3.29. The lowest BCUT2D eigenvalue weighted by molar-refractivity contribution is -0.0640. The van der Waals surface area contributed by atoms with Crippen LogP contribution in [0.1, 0.15) is 44.9 Å². The van der Waals surface area contributed by atoms with E-state index in [-0.39, 0.29) is 13.0 Å². The Morgan fingerprint density at radius 1 is 1.12 bits per heavy atom. The van der Waals surface area contributed by atoms with Crippen LogP contribution in [0, 0.1) is 0 Å². The fraction of sp³-hybridized carbons (Fsp3) is 1.00. The summed E-state index contributed by atoms with van der Waals surface area (Å²) in [6, 6.07) is 0. The Kier molecular flexibility index (Phi) is 6.97. The largest absolute Gasteiger partial charge is 0.385 e. The van der Waals surface area contributed by atoms with Crippen molar-refractivity contribution >= 4 is 0 Å². The lowest BCUT2D eigenvalue weighted by Crippen LogP contribution is -2.42. The topological polar surface area (TPSA) is 12.5 Å². The second-order valence-electron chi connectivity index (χ2n) is 5.00. The van der Waals surface area contributed by atoms with Crippen LogP contribution in [-0.4, -0.2) is 44.2 Å². The summed E-state index contributed by atoms with van der Waals surface area (Å²) in [4.78, 5) is 1.92. The molecule has 0 spiro atoms. The zero-order chi connectivity index (χ0) is 12.6. The van der Waals surface area contributed by atoms with Gasteiger partial charge in [0.05, 0.1) is 6.54 Å². The van der Waals surface area contributed by atoms with Gasteiger partial charge in [0.1, 0.15) is 0 Å². The zero-order valence-electron chi connectivity index (χ0n) is 10.9. The maximum atomic E-state index is 13.1. The predicted molar refractivity (Wildman–Crippen MR) is 65.6 cm³/mol. The molecule has 0 aliphatic carbocycles. The quantitative estimate of drug-likeness (QED) is 0.612. The molecule has 1 aliphatic heterocycles. The van der Waals surface area contributed by atoms with Crippen LogP contribution in [0.5, 0.6) is 0 Å². The van der Waals surface area contributed by atoms with E-state index >= 15 is 0 Å². The van der Waals surface area contributed by atoms with E-state index in [9.17, 15) is 8.78 Å². The Labute approximate surface area is 103 Å². The van der Waals surface area contributed by atoms with E-state index in [1.165, 1.54) is 12.8 Å². The highest BCUT2D eigenvalue weighted by atomic mass is 19.3. The van der Waals surface area contributed by atoms with E-state index in [4.69, 9.17) is 4.74 Å². The molecule has 0 aromatic carbocycles. The summed E-state index contributed by atoms with van der Waals surface area (Å²) in [5.74, 6) is -2.45. The minimum atomic E-state index is -2.45. The zero-order valence-corrected chi connectivity index (χ0v) is 10.9. The number of unbranched alkanes of at least 4 members (excludes halogenated alkanes) is 4. The molecule has 1 aliphatic rings. The highest BCUT2D eigenvalue weighted by Gasteiger charge is 2.34. The third kappa shape index (κ3) is 6.94. The molecule has 4 heteroatoms. The number of likely N-dealkylation sites (tertiary alicyclic amines) is 1. The van der Waals surface area contributed by atoms with Crippen LogP contribution in [0.3, 0.4) is 0 Å². The normalized spacial score (nSPS) is 20.6. The van der Waals surface area contributed by atoms with Crippen LogP contribution in [-0.2, 0) is 4.74 Å². The van der Waals surface area contributed by atoms with Crippen molar-refractivity contribution in [3.63, 3.8) is 0 Å². The number of piperidine rings is 1. The Morgan fingerprint density at radius 3 is 2.53 bits per heavy atom. The number of methoxy groups -OCH3 is 1. The molecule has 0 radical (unpaired) electrons. The van der Waals surface area contributed by atoms with Crippen molar-refractivity contribution in [3.05, 3.63) is 0 Å². The van der Waals surface area contributed by atoms with E-state index in [0.29, 0.717) is 6.42 Å². The fourth-order valence-corrected chi connectivity index (χ4v) is 2.35. The molecule has 0 aromatic rings. The van der Waals surface area contributed by atoms with Gasteiger partial charge in [-0.25, -0.2) is 8.78 Å². The summed E-state index contributed by atoms with van der Waals surface area (Å²) < 4.78 is 31.2. The molecular formula is C13H25F2NO. The molecule has 17 heavy (non-hydrogen) atoms. The van der Waals surface area contributed by atoms with Gasteiger partial charge in [0.25, 0.3) is 5.92 Å². The van der Waals surface area contributed by atoms with Gasteiger partial charge >= 0.3 is 0 Å². The Morgan fingerprint density at radius 2 is 1.82 bits per heavy atom. The molecule has 0 saturated carbocycles. The first-order valence-corrected chi connectivity index (χ1v) is 6.73. The highest BCUT2D eigenvalue weighted by Crippen LogP contribution is 2.26. The standard InChI is InChI=1S/C13H25F2NO/c1-17-11-6-4-2-3-5-9-16-10-7-8-13(14,15)12-16/h2-12H2,1H3. The molecule has 1 saturated heterocycles. The number of ether oxygens (including phenoxy) is 1. The number of alkyl halides is 2. The number of nitrogens with zero attached hydrogens (tertiary/aromatic N) is 1. The Hall–Kier alpha value is -0.220. The Bertz CT molecular complexity index is 200. The van der Waals surface area contributed by atoms with Crippen molar-refractivity contribution in [1.29, 1.82) is 0 Å². The first-order valence-electron chi connectivity index (χ1n) is 6.73. The molecule has 0 amide bonds. The molecule has 1 heterocycles. The molecule has 0 bridgehead atoms. The van der Waals surface area contributed by atoms with Crippen LogP contribution in [0.4, 0.5) is 8.78 Å². The lowest BCUT2D eigenvalue weighted by atomic mass is 10.1. The maximum absolute atomic E-state index is 13.1. The van der Waals surface area contributed by atoms with Crippen LogP contribution in [0.25, 0.3) is 0 Å². The van der Waals surface area contributed by atoms with E-state index in [2.05, 4.69) is 0 Å². The summed E-state index contributed by atoms with van der Waals surface area (Å²) in [5.41, 5.74) is 0. The molecule has 0 atom stereocenters. The van der Waals surface area contributed by atoms with Crippen molar-refractivity contribution in [2.75, 3.05) is 33.4 Å². The molecular weight excluding hydrogens is 224 g/mol. The first kappa shape index (κ1) is 14.8. The van der Waals surface area contributed by atoms with Crippen LogP contribution in [0.15, 0.2) is 0 Å². The molecule has 1 fully saturated rings. The second-order valence-corrected chi connectivity index (χ2v) is 5.00. The summed E-state index contributed by atoms with van der Waals surface area (Å²) in [7, 11) is 1.72. The van der Waals surface area contributed by atoms with Crippen molar-refractivity contribution in [2.24, 2.45) is 0 Å². The average molecular weight is 249 g/mol. The van der Waals surface area contributed by atoms with Gasteiger partial charge in [-0.1, -0.05) is 19.3 Å². The average Bonchev–Trinajstić information content (AvgIpc) is 2.27. The van der Waals surface area contributed by atoms with Crippen molar-refractivity contribution in [3.8, 4) is 0 Å². The van der Waals surface area contributed by atoms with Crippen molar-refractivity contribution in [2.45, 2.75) is 50.9 Å². The third-order valence-corrected chi connectivity index (χ3v) is 3.29. The molecule has 0 N–H and O–H groups in total. The van der Waals surface area contributed by atoms with E-state index < -0.39 is 5.92 Å². The van der Waals surface area contributed by atoms with Gasteiger partial charge in [-0.15, -0.1) is 0 Å². The summed E-state index contributed by atoms with van der Waals surface area (Å²) in [5, 5.41) is 0. The van der Waals surface area contributed by atoms with Crippen LogP contribution in [0.2, 0.25) is 0 Å². The van der Waals surface area contributed by atoms with Gasteiger partial charge in [0, 0.05) is 20.1 Å². The number of rotatable bonds is 8. The first-order chi connectivity index (χ1) is 8.14. The number of halogens is 2. The molecule has 2 nitrogen and oxygen atoms in total. The minimum Gasteiger partial charge on any atom is -0.385 e. The SMILES string of the molecule is COCCCCCCCN1CCCC(F)(F)C1. The van der Waals surface area contributed by atoms with Crippen molar-refractivity contribution < 1.29 is 13.5 Å². The molecule has 0 unspecified atom stereocenters. The van der Waals surface area contributed by atoms with E-state index in [1.807, 2.05) is 4.90 Å². The van der Waals surface area contributed by atoms with E-state index in [0.717, 1.165) is 39.0 Å². The van der Waals surface area contributed by atoms with Gasteiger partial charge in [-0.3, -0.25) is 4.90 Å². The Balaban J connectivity index is 1.95. The van der Waals surface area contributed by atoms with Gasteiger partial charge in [-0.05, 0) is 32.4 Å². The molecule has 0 aromatic heterocycles. The second kappa shape index (κ2) is 7.98. The maximum Gasteiger partial charge on any atom is 0.260 e. The van der Waals surface area contributed by atoms with Gasteiger partial charge in [0.2, 0.25) is 0 Å². The van der Waals surface area contributed by atoms with Crippen molar-refractivity contribution in [1.82, 2.24) is 4.90 Å². The monoisotopic (exact) mass is 249 g/mol. The number of hydrogen-bond acceptors (Lipinski definition) is 2. The predicted octanol–water partition coefficient (Wildman–Crippen LogP) is 3.31. The number of hydrogen-bond donors (Lipinski definition) is 0. The summed E-state index contributed by atoms with van der Waals surface area (Å²) in [6.07, 6.45) is 6.38. The summed E-state index contributed by atoms with van der Waals surface area (Å²) in [6.45, 7) is 2.48. The van der Waals surface area contributed by atoms with Gasteiger partial charge < -0.3 is 4.74 Å². The van der Waals surface area contributed by atoms with Gasteiger partial charge in [-0.2, -0.15) is 0 Å². The smallest absolute Gasteiger partial charge is 0.260 e. The lowest BCUT2D eigenvalue weighted by Gasteiger charge is -2.32. The molecule has 102 valence electrons. The fourth-order valence-electron chi connectivity index (χ4n) is 2.35.